The van der Waals surface area contributed by atoms with E-state index in [-0.39, 0.29) is 18.5 Å². The van der Waals surface area contributed by atoms with E-state index in [0.29, 0.717) is 12.2 Å². The van der Waals surface area contributed by atoms with Gasteiger partial charge in [-0.2, -0.15) is 0 Å². The summed E-state index contributed by atoms with van der Waals surface area (Å²) in [5, 5.41) is 23.5. The smallest absolute Gasteiger partial charge is 0.307 e. The Hall–Kier alpha value is -5.43. The van der Waals surface area contributed by atoms with Crippen LogP contribution < -0.4 is 4.74 Å². The van der Waals surface area contributed by atoms with E-state index >= 15 is 0 Å². The van der Waals surface area contributed by atoms with Crippen molar-refractivity contribution in [2.24, 2.45) is 5.92 Å². The molecule has 1 amide bonds. The van der Waals surface area contributed by atoms with Crippen molar-refractivity contribution in [2.45, 2.75) is 44.7 Å². The second-order valence-corrected chi connectivity index (χ2v) is 11.9. The van der Waals surface area contributed by atoms with E-state index in [1.807, 2.05) is 85.8 Å². The Morgan fingerprint density at radius 1 is 0.766 bits per heavy atom. The fourth-order valence-corrected chi connectivity index (χ4v) is 6.12. The molecule has 0 aromatic heterocycles. The van der Waals surface area contributed by atoms with Gasteiger partial charge in [0.1, 0.15) is 5.75 Å². The molecular formula is C40H39NO6. The highest BCUT2D eigenvalue weighted by molar-refractivity contribution is 5.86. The van der Waals surface area contributed by atoms with Crippen molar-refractivity contribution in [3.8, 4) is 5.75 Å². The number of ether oxygens (including phenoxy) is 1. The van der Waals surface area contributed by atoms with Gasteiger partial charge in [-0.15, -0.1) is 0 Å². The Kier molecular flexibility index (Phi) is 10.7. The largest absolute Gasteiger partial charge is 0.497 e. The van der Waals surface area contributed by atoms with Crippen LogP contribution in [0.15, 0.2) is 115 Å². The molecule has 7 nitrogen and oxygen atoms in total. The third kappa shape index (κ3) is 8.44. The van der Waals surface area contributed by atoms with Crippen LogP contribution in [0.3, 0.4) is 0 Å². The van der Waals surface area contributed by atoms with Gasteiger partial charge >= 0.3 is 11.9 Å². The molecule has 0 bridgehead atoms. The van der Waals surface area contributed by atoms with Crippen LogP contribution in [0.2, 0.25) is 0 Å². The van der Waals surface area contributed by atoms with Crippen LogP contribution in [-0.4, -0.2) is 46.1 Å². The molecule has 47 heavy (non-hydrogen) atoms. The minimum Gasteiger partial charge on any atom is -0.497 e. The van der Waals surface area contributed by atoms with Crippen LogP contribution in [-0.2, 0) is 20.9 Å². The van der Waals surface area contributed by atoms with Gasteiger partial charge in [0, 0.05) is 24.9 Å². The third-order valence-electron chi connectivity index (χ3n) is 8.77. The highest BCUT2D eigenvalue weighted by Gasteiger charge is 2.32. The molecule has 0 saturated heterocycles. The lowest BCUT2D eigenvalue weighted by Crippen LogP contribution is -2.43. The maximum atomic E-state index is 14.0. The molecule has 5 aromatic carbocycles. The first-order valence-electron chi connectivity index (χ1n) is 15.7. The van der Waals surface area contributed by atoms with Crippen LogP contribution in [0.1, 0.15) is 48.8 Å². The van der Waals surface area contributed by atoms with Crippen LogP contribution in [0, 0.1) is 5.92 Å². The Morgan fingerprint density at radius 2 is 1.38 bits per heavy atom. The number of amides is 1. The molecule has 5 rings (SSSR count). The number of hydrogen-bond acceptors (Lipinski definition) is 4. The summed E-state index contributed by atoms with van der Waals surface area (Å²) in [5.41, 5.74) is 2.96. The van der Waals surface area contributed by atoms with Crippen molar-refractivity contribution in [1.82, 2.24) is 4.90 Å². The minimum absolute atomic E-state index is 0.162. The number of carbonyl (C=O) groups excluding carboxylic acids is 1. The summed E-state index contributed by atoms with van der Waals surface area (Å²) in [5.74, 6) is -3.74. The number of rotatable bonds is 14. The van der Waals surface area contributed by atoms with E-state index < -0.39 is 36.6 Å². The molecule has 240 valence electrons. The van der Waals surface area contributed by atoms with Crippen molar-refractivity contribution in [3.63, 3.8) is 0 Å². The van der Waals surface area contributed by atoms with Crippen molar-refractivity contribution >= 4 is 45.5 Å². The van der Waals surface area contributed by atoms with E-state index in [1.165, 1.54) is 5.39 Å². The number of methoxy groups -OCH3 is 1. The number of nitrogens with zero attached hydrogens (tertiary/aromatic N) is 1. The molecule has 0 radical (unpaired) electrons. The average molecular weight is 630 g/mol. The topological polar surface area (TPSA) is 104 Å². The molecular weight excluding hydrogens is 590 g/mol. The molecule has 5 aromatic rings. The van der Waals surface area contributed by atoms with E-state index in [2.05, 4.69) is 42.5 Å². The number of carbonyl (C=O) groups is 3. The fraction of sp³-hybridized carbons (Fsp3) is 0.225. The first-order valence-corrected chi connectivity index (χ1v) is 15.7. The predicted octanol–water partition coefficient (Wildman–Crippen LogP) is 8.17. The number of carboxylic acids is 2. The van der Waals surface area contributed by atoms with Gasteiger partial charge in [0.05, 0.1) is 19.4 Å². The molecule has 2 N–H and O–H groups in total. The highest BCUT2D eigenvalue weighted by atomic mass is 16.5. The van der Waals surface area contributed by atoms with Gasteiger partial charge in [-0.25, -0.2) is 0 Å². The number of hydrogen-bond donors (Lipinski definition) is 2. The Bertz CT molecular complexity index is 1900. The van der Waals surface area contributed by atoms with Crippen molar-refractivity contribution in [2.75, 3.05) is 7.11 Å². The van der Waals surface area contributed by atoms with Gasteiger partial charge in [-0.3, -0.25) is 14.4 Å². The third-order valence-corrected chi connectivity index (χ3v) is 8.77. The standard InChI is InChI=1S/C40H39NO6/c1-27(37(32-18-20-36(47-2)21-19-32)13-7-8-28-14-16-30-9-3-5-11-33(30)22-28)41(38(42)24-35(40(45)46)25-39(43)44)26-29-15-17-31-10-4-6-12-34(31)23-29/h3-12,14-23,27,35,37H,13,24-26H2,1-2H3,(H,43,44)(H,45,46)/b8-7+. The summed E-state index contributed by atoms with van der Waals surface area (Å²) in [6.07, 6.45) is 3.74. The van der Waals surface area contributed by atoms with Crippen molar-refractivity contribution in [3.05, 3.63) is 132 Å². The van der Waals surface area contributed by atoms with E-state index in [0.717, 1.165) is 32.8 Å². The summed E-state index contributed by atoms with van der Waals surface area (Å²) in [4.78, 5) is 39.2. The van der Waals surface area contributed by atoms with Crippen LogP contribution in [0.4, 0.5) is 0 Å². The molecule has 0 heterocycles. The number of allylic oxidation sites excluding steroid dienone is 1. The van der Waals surface area contributed by atoms with Gasteiger partial charge in [-0.1, -0.05) is 97.1 Å². The molecule has 3 unspecified atom stereocenters. The highest BCUT2D eigenvalue weighted by Crippen LogP contribution is 2.32. The first-order chi connectivity index (χ1) is 22.7. The van der Waals surface area contributed by atoms with Crippen LogP contribution in [0.5, 0.6) is 5.75 Å². The zero-order chi connectivity index (χ0) is 33.3. The lowest BCUT2D eigenvalue weighted by molar-refractivity contribution is -0.151. The zero-order valence-corrected chi connectivity index (χ0v) is 26.6. The second-order valence-electron chi connectivity index (χ2n) is 11.9. The van der Waals surface area contributed by atoms with E-state index in [4.69, 9.17) is 4.74 Å². The van der Waals surface area contributed by atoms with Gasteiger partial charge in [-0.05, 0) is 75.8 Å². The first kappa shape index (κ1) is 32.9. The number of benzene rings is 5. The molecule has 0 aliphatic rings. The monoisotopic (exact) mass is 629 g/mol. The predicted molar refractivity (Wildman–Crippen MR) is 185 cm³/mol. The normalized spacial score (nSPS) is 13.3. The quantitative estimate of drug-likeness (QED) is 0.128. The van der Waals surface area contributed by atoms with Crippen molar-refractivity contribution in [1.29, 1.82) is 0 Å². The van der Waals surface area contributed by atoms with Crippen LogP contribution in [0.25, 0.3) is 27.6 Å². The fourth-order valence-electron chi connectivity index (χ4n) is 6.12. The van der Waals surface area contributed by atoms with E-state index in [9.17, 15) is 24.6 Å². The number of carboxylic acid groups (broad SMARTS) is 2. The molecule has 0 saturated carbocycles. The average Bonchev–Trinajstić information content (AvgIpc) is 3.08. The maximum Gasteiger partial charge on any atom is 0.307 e. The lowest BCUT2D eigenvalue weighted by Gasteiger charge is -2.36. The van der Waals surface area contributed by atoms with Crippen LogP contribution >= 0.6 is 0 Å². The Morgan fingerprint density at radius 3 is 2.00 bits per heavy atom. The zero-order valence-electron chi connectivity index (χ0n) is 26.6. The van der Waals surface area contributed by atoms with Gasteiger partial charge in [0.15, 0.2) is 0 Å². The van der Waals surface area contributed by atoms with Gasteiger partial charge in [0.25, 0.3) is 0 Å². The number of fused-ring (bicyclic) bond motifs is 2. The molecule has 3 atom stereocenters. The molecule has 0 fully saturated rings. The Balaban J connectivity index is 1.49. The summed E-state index contributed by atoms with van der Waals surface area (Å²) < 4.78 is 5.40. The molecule has 7 heteroatoms. The molecule has 0 spiro atoms. The molecule has 0 aliphatic heterocycles. The summed E-state index contributed by atoms with van der Waals surface area (Å²) in [6.45, 7) is 2.22. The summed E-state index contributed by atoms with van der Waals surface area (Å²) in [7, 11) is 1.61. The summed E-state index contributed by atoms with van der Waals surface area (Å²) in [6, 6.07) is 35.9. The molecule has 0 aliphatic carbocycles. The minimum atomic E-state index is -1.33. The maximum absolute atomic E-state index is 14.0. The second kappa shape index (κ2) is 15.2. The van der Waals surface area contributed by atoms with Gasteiger partial charge in [0.2, 0.25) is 5.91 Å². The number of aliphatic carboxylic acids is 2. The van der Waals surface area contributed by atoms with Gasteiger partial charge < -0.3 is 19.8 Å². The Labute approximate surface area is 274 Å². The van der Waals surface area contributed by atoms with Crippen molar-refractivity contribution < 1.29 is 29.3 Å². The summed E-state index contributed by atoms with van der Waals surface area (Å²) >= 11 is 0. The van der Waals surface area contributed by atoms with E-state index in [1.54, 1.807) is 12.0 Å². The SMILES string of the molecule is COc1ccc(C(C/C=C/c2ccc3ccccc3c2)C(C)N(Cc2ccc3ccccc3c2)C(=O)CC(CC(=O)O)C(=O)O)cc1. The lowest BCUT2D eigenvalue weighted by atomic mass is 9.87.